The van der Waals surface area contributed by atoms with Gasteiger partial charge in [0.15, 0.2) is 0 Å². The van der Waals surface area contributed by atoms with Crippen molar-refractivity contribution in [3.63, 3.8) is 0 Å². The maximum Gasteiger partial charge on any atom is 0.407 e. The average molecular weight is 349 g/mol. The van der Waals surface area contributed by atoms with Gasteiger partial charge in [-0.1, -0.05) is 0 Å². The molecule has 2 rings (SSSR count). The zero-order valence-electron chi connectivity index (χ0n) is 10.9. The maximum atomic E-state index is 11.5. The summed E-state index contributed by atoms with van der Waals surface area (Å²) in [5.74, 6) is 0. The van der Waals surface area contributed by atoms with Gasteiger partial charge in [-0.15, -0.1) is 11.3 Å². The number of thiazole rings is 1. The van der Waals surface area contributed by atoms with Crippen LogP contribution in [-0.2, 0) is 9.47 Å². The Morgan fingerprint density at radius 1 is 1.63 bits per heavy atom. The Kier molecular flexibility index (Phi) is 5.18. The number of rotatable bonds is 3. The normalized spacial score (nSPS) is 23.4. The van der Waals surface area contributed by atoms with Gasteiger partial charge in [-0.25, -0.2) is 9.78 Å². The van der Waals surface area contributed by atoms with E-state index < -0.39 is 0 Å². The molecule has 5 nitrogen and oxygen atoms in total. The second-order valence-electron chi connectivity index (χ2n) is 4.70. The lowest BCUT2D eigenvalue weighted by molar-refractivity contribution is -0.00533. The molecule has 1 aliphatic heterocycles. The monoisotopic (exact) mass is 348 g/mol. The number of carbonyl (C=O) groups is 1. The Balaban J connectivity index is 1.78. The summed E-state index contributed by atoms with van der Waals surface area (Å²) >= 11 is 4.98. The van der Waals surface area contributed by atoms with Crippen LogP contribution in [0.3, 0.4) is 0 Å². The van der Waals surface area contributed by atoms with Crippen molar-refractivity contribution in [1.82, 2.24) is 10.3 Å². The van der Waals surface area contributed by atoms with Crippen molar-refractivity contribution in [1.29, 1.82) is 0 Å². The molecular formula is C12H17BrN2O3S. The van der Waals surface area contributed by atoms with Crippen LogP contribution in [0.25, 0.3) is 0 Å². The Morgan fingerprint density at radius 3 is 2.95 bits per heavy atom. The maximum absolute atomic E-state index is 11.5. The molecule has 0 spiro atoms. The highest BCUT2D eigenvalue weighted by atomic mass is 79.9. The van der Waals surface area contributed by atoms with Crippen LogP contribution in [0.4, 0.5) is 4.79 Å². The number of halogens is 1. The van der Waals surface area contributed by atoms with E-state index in [1.54, 1.807) is 17.5 Å². The molecule has 1 aromatic heterocycles. The fraction of sp³-hybridized carbons (Fsp3) is 0.667. The fourth-order valence-corrected chi connectivity index (χ4v) is 3.22. The Bertz CT molecular complexity index is 430. The molecule has 0 radical (unpaired) electrons. The molecule has 1 saturated heterocycles. The summed E-state index contributed by atoms with van der Waals surface area (Å²) < 4.78 is 11.8. The van der Waals surface area contributed by atoms with Gasteiger partial charge in [-0.05, 0) is 42.6 Å². The summed E-state index contributed by atoms with van der Waals surface area (Å²) in [4.78, 5) is 15.8. The first kappa shape index (κ1) is 14.7. The van der Waals surface area contributed by atoms with Gasteiger partial charge in [-0.2, -0.15) is 0 Å². The van der Waals surface area contributed by atoms with Gasteiger partial charge >= 0.3 is 6.09 Å². The summed E-state index contributed by atoms with van der Waals surface area (Å²) in [7, 11) is 0. The van der Waals surface area contributed by atoms with Crippen molar-refractivity contribution in [2.24, 2.45) is 0 Å². The van der Waals surface area contributed by atoms with Crippen molar-refractivity contribution >= 4 is 33.4 Å². The van der Waals surface area contributed by atoms with Crippen LogP contribution in [-0.4, -0.2) is 29.8 Å². The summed E-state index contributed by atoms with van der Waals surface area (Å²) in [6.07, 6.45) is 3.06. The molecule has 0 saturated carbocycles. The number of ether oxygens (including phenoxy) is 2. The van der Waals surface area contributed by atoms with E-state index in [4.69, 9.17) is 9.47 Å². The molecule has 1 fully saturated rings. The number of alkyl carbamates (subject to hydrolysis) is 1. The third-order valence-corrected chi connectivity index (χ3v) is 4.28. The van der Waals surface area contributed by atoms with Crippen molar-refractivity contribution in [3.8, 4) is 0 Å². The van der Waals surface area contributed by atoms with Gasteiger partial charge in [0.05, 0.1) is 28.7 Å². The third-order valence-electron chi connectivity index (χ3n) is 2.71. The Hall–Kier alpha value is -0.660. The number of hydrogen-bond acceptors (Lipinski definition) is 5. The highest BCUT2D eigenvalue weighted by Gasteiger charge is 2.26. The lowest BCUT2D eigenvalue weighted by Crippen LogP contribution is -2.42. The number of amides is 1. The zero-order valence-corrected chi connectivity index (χ0v) is 13.3. The van der Waals surface area contributed by atoms with Gasteiger partial charge < -0.3 is 14.8 Å². The van der Waals surface area contributed by atoms with Crippen molar-refractivity contribution in [3.05, 3.63) is 15.0 Å². The summed E-state index contributed by atoms with van der Waals surface area (Å²) in [5.41, 5.74) is 0. The van der Waals surface area contributed by atoms with Crippen LogP contribution in [0.5, 0.6) is 0 Å². The molecule has 0 unspecified atom stereocenters. The third kappa shape index (κ3) is 4.43. The minimum Gasteiger partial charge on any atom is -0.447 e. The molecule has 1 aliphatic rings. The van der Waals surface area contributed by atoms with E-state index in [2.05, 4.69) is 26.2 Å². The molecule has 2 heterocycles. The first-order valence-corrected chi connectivity index (χ1v) is 7.85. The van der Waals surface area contributed by atoms with Crippen LogP contribution in [0.1, 0.15) is 37.8 Å². The molecule has 2 atom stereocenters. The summed E-state index contributed by atoms with van der Waals surface area (Å²) in [6, 6.07) is 0.0194. The lowest BCUT2D eigenvalue weighted by Gasteiger charge is -2.28. The fourth-order valence-electron chi connectivity index (χ4n) is 1.89. The smallest absolute Gasteiger partial charge is 0.407 e. The second-order valence-corrected chi connectivity index (χ2v) is 7.14. The highest BCUT2D eigenvalue weighted by Crippen LogP contribution is 2.32. The topological polar surface area (TPSA) is 60.5 Å². The van der Waals surface area contributed by atoms with Crippen LogP contribution in [0.2, 0.25) is 0 Å². The average Bonchev–Trinajstić information content (AvgIpc) is 2.75. The van der Waals surface area contributed by atoms with Crippen LogP contribution >= 0.6 is 27.3 Å². The first-order chi connectivity index (χ1) is 9.04. The number of hydrogen-bond donors (Lipinski definition) is 1. The first-order valence-electron chi connectivity index (χ1n) is 6.24. The van der Waals surface area contributed by atoms with Gasteiger partial charge in [0, 0.05) is 0 Å². The van der Waals surface area contributed by atoms with E-state index in [-0.39, 0.29) is 24.3 Å². The van der Waals surface area contributed by atoms with E-state index in [1.807, 2.05) is 13.8 Å². The van der Waals surface area contributed by atoms with Crippen molar-refractivity contribution in [2.45, 2.75) is 44.9 Å². The van der Waals surface area contributed by atoms with E-state index in [9.17, 15) is 4.79 Å². The molecular weight excluding hydrogens is 332 g/mol. The SMILES string of the molecule is CC(C)OC(=O)N[C@H]1CC[C@H](c2ncc(Br)s2)OC1. The summed E-state index contributed by atoms with van der Waals surface area (Å²) in [6.45, 7) is 4.15. The minimum absolute atomic E-state index is 0.0194. The molecule has 7 heteroatoms. The summed E-state index contributed by atoms with van der Waals surface area (Å²) in [5, 5.41) is 3.80. The molecule has 0 aliphatic carbocycles. The number of carbonyl (C=O) groups excluding carboxylic acids is 1. The number of nitrogens with zero attached hydrogens (tertiary/aromatic N) is 1. The van der Waals surface area contributed by atoms with Gasteiger partial charge in [0.1, 0.15) is 11.1 Å². The second kappa shape index (κ2) is 6.67. The van der Waals surface area contributed by atoms with Crippen LogP contribution in [0, 0.1) is 0 Å². The molecule has 0 aromatic carbocycles. The Labute approximate surface area is 124 Å². The molecule has 1 amide bonds. The molecule has 19 heavy (non-hydrogen) atoms. The minimum atomic E-state index is -0.376. The molecule has 106 valence electrons. The quantitative estimate of drug-likeness (QED) is 0.910. The largest absolute Gasteiger partial charge is 0.447 e. The van der Waals surface area contributed by atoms with E-state index in [1.165, 1.54) is 0 Å². The molecule has 1 N–H and O–H groups in total. The predicted molar refractivity (Wildman–Crippen MR) is 76.3 cm³/mol. The van der Waals surface area contributed by atoms with Crippen LogP contribution in [0.15, 0.2) is 9.98 Å². The van der Waals surface area contributed by atoms with E-state index in [0.29, 0.717) is 6.61 Å². The van der Waals surface area contributed by atoms with E-state index >= 15 is 0 Å². The molecule has 1 aromatic rings. The van der Waals surface area contributed by atoms with Gasteiger partial charge in [0.2, 0.25) is 0 Å². The van der Waals surface area contributed by atoms with E-state index in [0.717, 1.165) is 21.6 Å². The molecule has 0 bridgehead atoms. The van der Waals surface area contributed by atoms with Crippen molar-refractivity contribution in [2.75, 3.05) is 6.61 Å². The predicted octanol–water partition coefficient (Wildman–Crippen LogP) is 3.26. The van der Waals surface area contributed by atoms with Gasteiger partial charge in [-0.3, -0.25) is 0 Å². The van der Waals surface area contributed by atoms with Crippen LogP contribution < -0.4 is 5.32 Å². The zero-order chi connectivity index (χ0) is 13.8. The standard InChI is InChI=1S/C12H17BrN2O3S/c1-7(2)18-12(16)15-8-3-4-9(17-6-8)11-14-5-10(13)19-11/h5,7-9H,3-4,6H2,1-2H3,(H,15,16)/t8-,9+/m0/s1. The Morgan fingerprint density at radius 2 is 2.42 bits per heavy atom. The number of nitrogens with one attached hydrogen (secondary N) is 1. The highest BCUT2D eigenvalue weighted by molar-refractivity contribution is 9.11. The lowest BCUT2D eigenvalue weighted by atomic mass is 10.1. The van der Waals surface area contributed by atoms with Crippen molar-refractivity contribution < 1.29 is 14.3 Å². The number of aromatic nitrogens is 1. The van der Waals surface area contributed by atoms with Gasteiger partial charge in [0.25, 0.3) is 0 Å².